The quantitative estimate of drug-likeness (QED) is 0.656. The van der Waals surface area contributed by atoms with Crippen molar-refractivity contribution in [2.75, 3.05) is 12.4 Å². The van der Waals surface area contributed by atoms with Gasteiger partial charge in [-0.15, -0.1) is 0 Å². The number of para-hydroxylation sites is 1. The van der Waals surface area contributed by atoms with Gasteiger partial charge in [0.25, 0.3) is 5.91 Å². The maximum Gasteiger partial charge on any atom is 0.257 e. The highest BCUT2D eigenvalue weighted by Gasteiger charge is 2.22. The molecule has 3 aromatic rings. The third-order valence-electron chi connectivity index (χ3n) is 3.62. The lowest BCUT2D eigenvalue weighted by Crippen LogP contribution is -2.30. The molecule has 0 saturated heterocycles. The van der Waals surface area contributed by atoms with Crippen LogP contribution in [0.25, 0.3) is 10.2 Å². The second kappa shape index (κ2) is 7.63. The summed E-state index contributed by atoms with van der Waals surface area (Å²) in [6, 6.07) is 11.5. The van der Waals surface area contributed by atoms with Gasteiger partial charge < -0.3 is 4.74 Å². The van der Waals surface area contributed by atoms with E-state index >= 15 is 0 Å². The first-order chi connectivity index (χ1) is 12.8. The van der Waals surface area contributed by atoms with Crippen LogP contribution in [0, 0.1) is 0 Å². The van der Waals surface area contributed by atoms with E-state index in [1.165, 1.54) is 36.6 Å². The van der Waals surface area contributed by atoms with Crippen LogP contribution in [0.5, 0.6) is 5.75 Å². The van der Waals surface area contributed by atoms with Gasteiger partial charge in [-0.3, -0.25) is 10.1 Å². The molecule has 0 radical (unpaired) electrons. The van der Waals surface area contributed by atoms with Crippen molar-refractivity contribution in [3.63, 3.8) is 0 Å². The molecule has 7 nitrogen and oxygen atoms in total. The second-order valence-electron chi connectivity index (χ2n) is 6.08. The van der Waals surface area contributed by atoms with Crippen molar-refractivity contribution >= 4 is 42.6 Å². The number of ether oxygens (including phenoxy) is 1. The number of benzene rings is 2. The zero-order valence-electron chi connectivity index (χ0n) is 15.0. The van der Waals surface area contributed by atoms with E-state index in [-0.39, 0.29) is 22.3 Å². The van der Waals surface area contributed by atoms with E-state index in [1.54, 1.807) is 13.8 Å². The highest BCUT2D eigenvalue weighted by Crippen LogP contribution is 2.28. The SMILES string of the molecule is COc1ccc(C(=O)Nc2nc3ccccc3s2)cc1S(=O)(=O)NC(C)C. The predicted molar refractivity (Wildman–Crippen MR) is 106 cm³/mol. The molecule has 0 spiro atoms. The van der Waals surface area contributed by atoms with E-state index in [2.05, 4.69) is 15.0 Å². The van der Waals surface area contributed by atoms with E-state index in [1.807, 2.05) is 24.3 Å². The Bertz CT molecular complexity index is 1060. The molecule has 0 unspecified atom stereocenters. The lowest BCUT2D eigenvalue weighted by atomic mass is 10.2. The summed E-state index contributed by atoms with van der Waals surface area (Å²) in [4.78, 5) is 16.9. The molecule has 142 valence electrons. The number of hydrogen-bond acceptors (Lipinski definition) is 6. The predicted octanol–water partition coefficient (Wildman–Crippen LogP) is 3.24. The van der Waals surface area contributed by atoms with Crippen molar-refractivity contribution in [1.82, 2.24) is 9.71 Å². The van der Waals surface area contributed by atoms with Crippen molar-refractivity contribution in [1.29, 1.82) is 0 Å². The number of fused-ring (bicyclic) bond motifs is 1. The Balaban J connectivity index is 1.91. The number of hydrogen-bond donors (Lipinski definition) is 2. The summed E-state index contributed by atoms with van der Waals surface area (Å²) in [5.41, 5.74) is 0.983. The smallest absolute Gasteiger partial charge is 0.257 e. The number of carbonyl (C=O) groups is 1. The average molecular weight is 406 g/mol. The summed E-state index contributed by atoms with van der Waals surface area (Å²) >= 11 is 1.35. The lowest BCUT2D eigenvalue weighted by molar-refractivity contribution is 0.102. The molecule has 0 saturated carbocycles. The van der Waals surface area contributed by atoms with Crippen LogP contribution in [-0.4, -0.2) is 32.5 Å². The van der Waals surface area contributed by atoms with Gasteiger partial charge in [0.1, 0.15) is 10.6 Å². The largest absolute Gasteiger partial charge is 0.495 e. The molecular formula is C18H19N3O4S2. The van der Waals surface area contributed by atoms with Gasteiger partial charge in [-0.1, -0.05) is 23.5 Å². The monoisotopic (exact) mass is 405 g/mol. The van der Waals surface area contributed by atoms with E-state index < -0.39 is 15.9 Å². The Labute approximate surface area is 161 Å². The molecule has 2 aromatic carbocycles. The lowest BCUT2D eigenvalue weighted by Gasteiger charge is -2.14. The standard InChI is InChI=1S/C18H19N3O4S2/c1-11(2)21-27(23,24)16-10-12(8-9-14(16)25-3)17(22)20-18-19-13-6-4-5-7-15(13)26-18/h4-11,21H,1-3H3,(H,19,20,22). The summed E-state index contributed by atoms with van der Waals surface area (Å²) < 4.78 is 33.7. The molecule has 0 aliphatic carbocycles. The summed E-state index contributed by atoms with van der Waals surface area (Å²) in [6.07, 6.45) is 0. The zero-order chi connectivity index (χ0) is 19.6. The molecule has 0 aliphatic rings. The van der Waals surface area contributed by atoms with Crippen molar-refractivity contribution in [2.45, 2.75) is 24.8 Å². The fourth-order valence-electron chi connectivity index (χ4n) is 2.50. The number of thiazole rings is 1. The molecule has 0 fully saturated rings. The third-order valence-corrected chi connectivity index (χ3v) is 6.25. The maximum atomic E-state index is 12.6. The van der Waals surface area contributed by atoms with Gasteiger partial charge in [0, 0.05) is 11.6 Å². The minimum absolute atomic E-state index is 0.0874. The molecule has 27 heavy (non-hydrogen) atoms. The molecule has 9 heteroatoms. The highest BCUT2D eigenvalue weighted by atomic mass is 32.2. The van der Waals surface area contributed by atoms with Crippen LogP contribution in [0.4, 0.5) is 5.13 Å². The molecule has 1 aromatic heterocycles. The van der Waals surface area contributed by atoms with Crippen LogP contribution < -0.4 is 14.8 Å². The molecule has 3 rings (SSSR count). The summed E-state index contributed by atoms with van der Waals surface area (Å²) in [6.45, 7) is 3.43. The van der Waals surface area contributed by atoms with Gasteiger partial charge in [0.05, 0.1) is 17.3 Å². The minimum atomic E-state index is -3.82. The average Bonchev–Trinajstić information content (AvgIpc) is 3.02. The fourth-order valence-corrected chi connectivity index (χ4v) is 4.80. The molecule has 0 bridgehead atoms. The molecule has 1 amide bonds. The summed E-state index contributed by atoms with van der Waals surface area (Å²) in [5, 5.41) is 3.16. The van der Waals surface area contributed by atoms with Crippen molar-refractivity contribution < 1.29 is 17.9 Å². The van der Waals surface area contributed by atoms with Crippen LogP contribution in [0.1, 0.15) is 24.2 Å². The van der Waals surface area contributed by atoms with Gasteiger partial charge in [-0.05, 0) is 44.2 Å². The number of nitrogens with one attached hydrogen (secondary N) is 2. The number of carbonyl (C=O) groups excluding carboxylic acids is 1. The van der Waals surface area contributed by atoms with E-state index in [4.69, 9.17) is 4.74 Å². The van der Waals surface area contributed by atoms with Gasteiger partial charge in [-0.2, -0.15) is 0 Å². The van der Waals surface area contributed by atoms with Crippen molar-refractivity contribution in [2.24, 2.45) is 0 Å². The molecule has 1 heterocycles. The van der Waals surface area contributed by atoms with E-state index in [0.717, 1.165) is 10.2 Å². The molecule has 2 N–H and O–H groups in total. The minimum Gasteiger partial charge on any atom is -0.495 e. The van der Waals surface area contributed by atoms with E-state index in [9.17, 15) is 13.2 Å². The Hall–Kier alpha value is -2.49. The summed E-state index contributed by atoms with van der Waals surface area (Å²) in [7, 11) is -2.44. The van der Waals surface area contributed by atoms with Crippen LogP contribution in [-0.2, 0) is 10.0 Å². The van der Waals surface area contributed by atoms with Gasteiger partial charge in [0.2, 0.25) is 10.0 Å². The molecule has 0 atom stereocenters. The van der Waals surface area contributed by atoms with Gasteiger partial charge >= 0.3 is 0 Å². The van der Waals surface area contributed by atoms with Crippen molar-refractivity contribution in [3.8, 4) is 5.75 Å². The number of sulfonamides is 1. The Morgan fingerprint density at radius 3 is 2.59 bits per heavy atom. The zero-order valence-corrected chi connectivity index (χ0v) is 16.6. The number of methoxy groups -OCH3 is 1. The first-order valence-electron chi connectivity index (χ1n) is 8.17. The normalized spacial score (nSPS) is 11.7. The number of nitrogens with zero attached hydrogens (tertiary/aromatic N) is 1. The van der Waals surface area contributed by atoms with Gasteiger partial charge in [-0.25, -0.2) is 18.1 Å². The number of rotatable bonds is 6. The summed E-state index contributed by atoms with van der Waals surface area (Å²) in [5.74, 6) is -0.280. The highest BCUT2D eigenvalue weighted by molar-refractivity contribution is 7.89. The van der Waals surface area contributed by atoms with Crippen LogP contribution in [0.2, 0.25) is 0 Å². The third kappa shape index (κ3) is 4.26. The van der Waals surface area contributed by atoms with Crippen LogP contribution in [0.15, 0.2) is 47.4 Å². The van der Waals surface area contributed by atoms with E-state index in [0.29, 0.717) is 5.13 Å². The molecular weight excluding hydrogens is 386 g/mol. The number of anilines is 1. The first kappa shape index (κ1) is 19.3. The van der Waals surface area contributed by atoms with Crippen LogP contribution in [0.3, 0.4) is 0 Å². The fraction of sp³-hybridized carbons (Fsp3) is 0.222. The maximum absolute atomic E-state index is 12.6. The number of aromatic nitrogens is 1. The topological polar surface area (TPSA) is 97.4 Å². The Morgan fingerprint density at radius 1 is 1.19 bits per heavy atom. The Kier molecular flexibility index (Phi) is 5.45. The van der Waals surface area contributed by atoms with Gasteiger partial charge in [0.15, 0.2) is 5.13 Å². The Morgan fingerprint density at radius 2 is 1.93 bits per heavy atom. The molecule has 0 aliphatic heterocycles. The van der Waals surface area contributed by atoms with Crippen molar-refractivity contribution in [3.05, 3.63) is 48.0 Å². The number of amides is 1. The second-order valence-corrected chi connectivity index (χ2v) is 8.80. The first-order valence-corrected chi connectivity index (χ1v) is 10.5. The van der Waals surface area contributed by atoms with Crippen LogP contribution >= 0.6 is 11.3 Å².